The monoisotopic (exact) mass is 433 g/mol. The van der Waals surface area contributed by atoms with Crippen molar-refractivity contribution in [1.29, 1.82) is 0 Å². The van der Waals surface area contributed by atoms with Crippen LogP contribution < -0.4 is 11.0 Å². The summed E-state index contributed by atoms with van der Waals surface area (Å²) in [7, 11) is 0. The highest BCUT2D eigenvalue weighted by Gasteiger charge is 2.29. The summed E-state index contributed by atoms with van der Waals surface area (Å²) in [6, 6.07) is 12.4. The second-order valence-corrected chi connectivity index (χ2v) is 7.95. The van der Waals surface area contributed by atoms with Gasteiger partial charge >= 0.3 is 5.69 Å². The van der Waals surface area contributed by atoms with E-state index in [0.717, 1.165) is 10.9 Å². The number of amides is 2. The predicted octanol–water partition coefficient (Wildman–Crippen LogP) is 1.52. The Hall–Kier alpha value is -3.92. The van der Waals surface area contributed by atoms with Crippen LogP contribution in [0.1, 0.15) is 17.4 Å². The fourth-order valence-electron chi connectivity index (χ4n) is 4.11. The van der Waals surface area contributed by atoms with Crippen molar-refractivity contribution in [3.05, 3.63) is 58.6 Å². The van der Waals surface area contributed by atoms with E-state index in [2.05, 4.69) is 30.4 Å². The molecule has 2 aromatic heterocycles. The lowest BCUT2D eigenvalue weighted by molar-refractivity contribution is -0.121. The van der Waals surface area contributed by atoms with Crippen molar-refractivity contribution in [3.63, 3.8) is 0 Å². The Bertz CT molecular complexity index is 1360. The maximum absolute atomic E-state index is 13.0. The molecule has 3 heterocycles. The van der Waals surface area contributed by atoms with Crippen molar-refractivity contribution in [2.75, 3.05) is 31.5 Å². The molecule has 1 unspecified atom stereocenters. The molecule has 32 heavy (non-hydrogen) atoms. The molecule has 1 atom stereocenters. The van der Waals surface area contributed by atoms with Crippen LogP contribution in [-0.2, 0) is 4.79 Å². The van der Waals surface area contributed by atoms with Crippen LogP contribution in [0.2, 0.25) is 0 Å². The number of hydrogen-bond donors (Lipinski definition) is 4. The van der Waals surface area contributed by atoms with E-state index in [-0.39, 0.29) is 23.5 Å². The highest BCUT2D eigenvalue weighted by atomic mass is 16.2. The van der Waals surface area contributed by atoms with Crippen LogP contribution in [0.4, 0.5) is 5.69 Å². The van der Waals surface area contributed by atoms with E-state index >= 15 is 0 Å². The first-order valence-corrected chi connectivity index (χ1v) is 10.5. The van der Waals surface area contributed by atoms with Crippen LogP contribution in [0, 0.1) is 0 Å². The lowest BCUT2D eigenvalue weighted by atomic mass is 10.1. The van der Waals surface area contributed by atoms with Gasteiger partial charge in [0.1, 0.15) is 0 Å². The van der Waals surface area contributed by atoms with Crippen LogP contribution in [0.25, 0.3) is 21.9 Å². The molecule has 164 valence electrons. The minimum atomic E-state index is -0.362. The van der Waals surface area contributed by atoms with Gasteiger partial charge in [-0.1, -0.05) is 18.2 Å². The highest BCUT2D eigenvalue weighted by molar-refractivity contribution is 6.04. The van der Waals surface area contributed by atoms with E-state index in [0.29, 0.717) is 48.6 Å². The number of para-hydroxylation sites is 1. The van der Waals surface area contributed by atoms with E-state index in [1.54, 1.807) is 23.1 Å². The average molecular weight is 433 g/mol. The van der Waals surface area contributed by atoms with Gasteiger partial charge in [0.05, 0.1) is 22.6 Å². The first kappa shape index (κ1) is 20.0. The van der Waals surface area contributed by atoms with Crippen molar-refractivity contribution in [2.45, 2.75) is 13.0 Å². The Balaban J connectivity index is 1.20. The number of H-pyrrole nitrogens is 3. The second-order valence-electron chi connectivity index (χ2n) is 7.95. The van der Waals surface area contributed by atoms with Gasteiger partial charge in [0.15, 0.2) is 5.69 Å². The van der Waals surface area contributed by atoms with Gasteiger partial charge in [0.2, 0.25) is 5.91 Å². The molecular weight excluding hydrogens is 410 g/mol. The van der Waals surface area contributed by atoms with Gasteiger partial charge in [-0.2, -0.15) is 5.10 Å². The third kappa shape index (κ3) is 3.65. The fourth-order valence-corrected chi connectivity index (χ4v) is 4.11. The predicted molar refractivity (Wildman–Crippen MR) is 121 cm³/mol. The molecule has 4 aromatic rings. The summed E-state index contributed by atoms with van der Waals surface area (Å²) in [5.41, 5.74) is 2.92. The Morgan fingerprint density at radius 2 is 1.75 bits per heavy atom. The number of anilines is 1. The molecule has 10 heteroatoms. The third-order valence-electron chi connectivity index (χ3n) is 5.99. The number of aromatic amines is 3. The van der Waals surface area contributed by atoms with E-state index in [1.165, 1.54) is 0 Å². The lowest BCUT2D eigenvalue weighted by Crippen LogP contribution is -2.54. The first-order chi connectivity index (χ1) is 15.5. The van der Waals surface area contributed by atoms with Crippen LogP contribution in [0.15, 0.2) is 47.3 Å². The quantitative estimate of drug-likeness (QED) is 0.388. The summed E-state index contributed by atoms with van der Waals surface area (Å²) in [5.74, 6) is -0.242. The molecule has 0 saturated carbocycles. The van der Waals surface area contributed by atoms with Crippen molar-refractivity contribution in [2.24, 2.45) is 0 Å². The van der Waals surface area contributed by atoms with Gasteiger partial charge in [0.25, 0.3) is 5.91 Å². The summed E-state index contributed by atoms with van der Waals surface area (Å²) in [4.78, 5) is 46.3. The van der Waals surface area contributed by atoms with Crippen molar-refractivity contribution in [1.82, 2.24) is 30.0 Å². The van der Waals surface area contributed by atoms with Gasteiger partial charge in [-0.05, 0) is 31.2 Å². The van der Waals surface area contributed by atoms with E-state index in [9.17, 15) is 14.4 Å². The Kier molecular flexibility index (Phi) is 4.98. The van der Waals surface area contributed by atoms with Crippen LogP contribution in [-0.4, -0.2) is 74.0 Å². The number of nitrogens with one attached hydrogen (secondary N) is 4. The smallest absolute Gasteiger partial charge is 0.323 e. The minimum absolute atomic E-state index is 0.104. The zero-order valence-corrected chi connectivity index (χ0v) is 17.5. The summed E-state index contributed by atoms with van der Waals surface area (Å²) < 4.78 is 0. The van der Waals surface area contributed by atoms with E-state index < -0.39 is 0 Å². The van der Waals surface area contributed by atoms with Gasteiger partial charge in [-0.15, -0.1) is 0 Å². The molecule has 0 bridgehead atoms. The number of benzene rings is 2. The topological polar surface area (TPSA) is 130 Å². The van der Waals surface area contributed by atoms with Crippen molar-refractivity contribution >= 4 is 39.4 Å². The zero-order valence-electron chi connectivity index (χ0n) is 17.5. The maximum atomic E-state index is 13.0. The number of hydrogen-bond acceptors (Lipinski definition) is 5. The van der Waals surface area contributed by atoms with Crippen molar-refractivity contribution < 1.29 is 9.59 Å². The molecule has 2 amide bonds. The van der Waals surface area contributed by atoms with E-state index in [4.69, 9.17) is 0 Å². The van der Waals surface area contributed by atoms with Gasteiger partial charge in [-0.3, -0.25) is 19.6 Å². The third-order valence-corrected chi connectivity index (χ3v) is 5.99. The summed E-state index contributed by atoms with van der Waals surface area (Å²) in [6.45, 7) is 4.08. The molecule has 1 aliphatic rings. The number of carbonyl (C=O) groups is 2. The SMILES string of the molecule is CC(C(=O)Nc1ccc2[nH]c(=O)[nH]c2c1)N1CCN(C(=O)c2n[nH]c3ccccc23)CC1. The van der Waals surface area contributed by atoms with Gasteiger partial charge < -0.3 is 20.2 Å². The standard InChI is InChI=1S/C22H23N7O3/c1-13(20(30)23-14-6-7-17-18(12-14)25-22(32)24-17)28-8-10-29(11-9-28)21(31)19-15-4-2-3-5-16(15)26-27-19/h2-7,12-13H,8-11H2,1H3,(H,23,30)(H,26,27)(H2,24,25,32). The molecule has 1 fully saturated rings. The van der Waals surface area contributed by atoms with Crippen LogP contribution >= 0.6 is 0 Å². The number of carbonyl (C=O) groups excluding carboxylic acids is 2. The second kappa shape index (κ2) is 7.97. The number of nitrogens with zero attached hydrogens (tertiary/aromatic N) is 3. The number of piperazine rings is 1. The summed E-state index contributed by atoms with van der Waals surface area (Å²) >= 11 is 0. The lowest BCUT2D eigenvalue weighted by Gasteiger charge is -2.37. The van der Waals surface area contributed by atoms with Crippen molar-refractivity contribution in [3.8, 4) is 0 Å². The molecule has 4 N–H and O–H groups in total. The molecule has 0 radical (unpaired) electrons. The molecule has 0 aliphatic carbocycles. The number of rotatable bonds is 4. The number of fused-ring (bicyclic) bond motifs is 2. The molecule has 0 spiro atoms. The average Bonchev–Trinajstić information content (AvgIpc) is 3.40. The van der Waals surface area contributed by atoms with Gasteiger partial charge in [-0.25, -0.2) is 4.79 Å². The summed E-state index contributed by atoms with van der Waals surface area (Å²) in [5, 5.41) is 10.8. The zero-order chi connectivity index (χ0) is 22.2. The van der Waals surface area contributed by atoms with Crippen LogP contribution in [0.5, 0.6) is 0 Å². The molecular formula is C22H23N7O3. The van der Waals surface area contributed by atoms with E-state index in [1.807, 2.05) is 31.2 Å². The van der Waals surface area contributed by atoms with Gasteiger partial charge in [0, 0.05) is 37.3 Å². The summed E-state index contributed by atoms with van der Waals surface area (Å²) in [6.07, 6.45) is 0. The number of aromatic nitrogens is 4. The normalized spacial score (nSPS) is 15.8. The molecule has 2 aromatic carbocycles. The first-order valence-electron chi connectivity index (χ1n) is 10.5. The van der Waals surface area contributed by atoms with Crippen LogP contribution in [0.3, 0.4) is 0 Å². The minimum Gasteiger partial charge on any atom is -0.335 e. The molecule has 1 saturated heterocycles. The Labute approximate surface area is 182 Å². The Morgan fingerprint density at radius 3 is 2.56 bits per heavy atom. The fraction of sp³-hybridized carbons (Fsp3) is 0.273. The molecule has 5 rings (SSSR count). The maximum Gasteiger partial charge on any atom is 0.323 e. The molecule has 10 nitrogen and oxygen atoms in total. The molecule has 1 aliphatic heterocycles. The largest absolute Gasteiger partial charge is 0.335 e. The number of imidazole rings is 1. The highest BCUT2D eigenvalue weighted by Crippen LogP contribution is 2.19. The Morgan fingerprint density at radius 1 is 1.00 bits per heavy atom.